The van der Waals surface area contributed by atoms with Crippen molar-refractivity contribution in [1.82, 2.24) is 0 Å². The Balaban J connectivity index is 1.92. The number of ether oxygens (including phenoxy) is 3. The topological polar surface area (TPSA) is 78.2 Å². The first-order valence-corrected chi connectivity index (χ1v) is 12.8. The van der Waals surface area contributed by atoms with Gasteiger partial charge in [0.1, 0.15) is 23.1 Å². The van der Waals surface area contributed by atoms with Gasteiger partial charge in [0, 0.05) is 22.6 Å². The van der Waals surface area contributed by atoms with Crippen LogP contribution in [0.4, 0.5) is 10.1 Å². The maximum atomic E-state index is 13.8. The van der Waals surface area contributed by atoms with Crippen LogP contribution in [0.25, 0.3) is 11.3 Å². The fourth-order valence-corrected chi connectivity index (χ4v) is 4.90. The third-order valence-corrected chi connectivity index (χ3v) is 6.75. The molecule has 2 aromatic carbocycles. The van der Waals surface area contributed by atoms with Gasteiger partial charge in [-0.05, 0) is 82.3 Å². The molecule has 0 saturated carbocycles. The molecule has 9 heteroatoms. The van der Waals surface area contributed by atoms with Gasteiger partial charge in [-0.15, -0.1) is 0 Å². The van der Waals surface area contributed by atoms with Gasteiger partial charge in [0.2, 0.25) is 0 Å². The number of nitrogens with zero attached hydrogens (tertiary/aromatic N) is 1. The third-order valence-electron chi connectivity index (χ3n) is 6.46. The molecular formula is C30H29ClFNO6. The van der Waals surface area contributed by atoms with Crippen molar-refractivity contribution < 1.29 is 32.6 Å². The van der Waals surface area contributed by atoms with E-state index >= 15 is 0 Å². The van der Waals surface area contributed by atoms with E-state index in [0.29, 0.717) is 39.9 Å². The molecule has 0 radical (unpaired) electrons. The number of halogens is 2. The first kappa shape index (κ1) is 28.0. The molecule has 2 heterocycles. The molecule has 0 aliphatic carbocycles. The summed E-state index contributed by atoms with van der Waals surface area (Å²) in [5.74, 6) is -1.26. The van der Waals surface area contributed by atoms with E-state index in [0.717, 1.165) is 0 Å². The molecule has 0 bridgehead atoms. The number of carbonyl (C=O) groups excluding carboxylic acids is 2. The van der Waals surface area contributed by atoms with Gasteiger partial charge in [-0.1, -0.05) is 11.6 Å². The maximum absolute atomic E-state index is 13.8. The molecular weight excluding hydrogens is 525 g/mol. The number of esters is 2. The summed E-state index contributed by atoms with van der Waals surface area (Å²) in [6, 6.07) is 14.9. The highest BCUT2D eigenvalue weighted by Crippen LogP contribution is 2.46. The molecule has 0 unspecified atom stereocenters. The zero-order valence-corrected chi connectivity index (χ0v) is 23.1. The molecule has 7 nitrogen and oxygen atoms in total. The second-order valence-corrected chi connectivity index (χ2v) is 9.14. The van der Waals surface area contributed by atoms with Crippen LogP contribution >= 0.6 is 11.6 Å². The van der Waals surface area contributed by atoms with Crippen LogP contribution in [0.2, 0.25) is 5.02 Å². The quantitative estimate of drug-likeness (QED) is 0.277. The normalized spacial score (nSPS) is 14.1. The number of hydrogen-bond donors (Lipinski definition) is 0. The first-order valence-electron chi connectivity index (χ1n) is 12.5. The summed E-state index contributed by atoms with van der Waals surface area (Å²) in [5, 5.41) is -0.0517. The van der Waals surface area contributed by atoms with E-state index in [1.807, 2.05) is 17.0 Å². The molecule has 3 aromatic rings. The standard InChI is InChI=1S/C30H29ClFNO6/c1-6-37-29(34)26-17(3)33(20-9-11-21(36-5)12-10-20)18(4)27(30(35)38-7-2)28(26)25-15-14-24(39-25)19-8-13-23(32)22(31)16-19/h8-16,28H,6-7H2,1-5H3. The minimum absolute atomic E-state index is 0.0517. The van der Waals surface area contributed by atoms with Crippen LogP contribution in [0, 0.1) is 5.82 Å². The highest BCUT2D eigenvalue weighted by molar-refractivity contribution is 6.31. The van der Waals surface area contributed by atoms with Crippen molar-refractivity contribution in [3.8, 4) is 17.1 Å². The molecule has 1 aliphatic rings. The number of hydrogen-bond acceptors (Lipinski definition) is 7. The van der Waals surface area contributed by atoms with E-state index in [9.17, 15) is 14.0 Å². The highest BCUT2D eigenvalue weighted by atomic mass is 35.5. The summed E-state index contributed by atoms with van der Waals surface area (Å²) in [7, 11) is 1.58. The molecule has 0 amide bonds. The Morgan fingerprint density at radius 1 is 0.923 bits per heavy atom. The first-order chi connectivity index (χ1) is 18.7. The molecule has 0 atom stereocenters. The van der Waals surface area contributed by atoms with Gasteiger partial charge in [-0.2, -0.15) is 0 Å². The van der Waals surface area contributed by atoms with Gasteiger partial charge < -0.3 is 23.5 Å². The summed E-state index contributed by atoms with van der Waals surface area (Å²) >= 11 is 5.98. The van der Waals surface area contributed by atoms with E-state index in [1.165, 1.54) is 18.2 Å². The Morgan fingerprint density at radius 2 is 1.51 bits per heavy atom. The lowest BCUT2D eigenvalue weighted by Gasteiger charge is -2.37. The number of rotatable bonds is 8. The molecule has 0 saturated heterocycles. The average molecular weight is 554 g/mol. The monoisotopic (exact) mass is 553 g/mol. The van der Waals surface area contributed by atoms with Gasteiger partial charge >= 0.3 is 11.9 Å². The summed E-state index contributed by atoms with van der Waals surface area (Å²) in [6.07, 6.45) is 0. The number of carbonyl (C=O) groups is 2. The predicted octanol–water partition coefficient (Wildman–Crippen LogP) is 7.03. The zero-order valence-electron chi connectivity index (χ0n) is 22.3. The SMILES string of the molecule is CCOC(=O)C1=C(C)N(c2ccc(OC)cc2)C(C)=C(C(=O)OCC)C1c1ccc(-c2ccc(F)c(Cl)c2)o1. The van der Waals surface area contributed by atoms with E-state index in [1.54, 1.807) is 59.1 Å². The lowest BCUT2D eigenvalue weighted by molar-refractivity contribution is -0.139. The van der Waals surface area contributed by atoms with Gasteiger partial charge in [0.05, 0.1) is 42.4 Å². The van der Waals surface area contributed by atoms with Crippen LogP contribution in [0.1, 0.15) is 39.4 Å². The average Bonchev–Trinajstić information content (AvgIpc) is 3.40. The van der Waals surface area contributed by atoms with Crippen molar-refractivity contribution in [3.63, 3.8) is 0 Å². The zero-order chi connectivity index (χ0) is 28.3. The fourth-order valence-electron chi connectivity index (χ4n) is 4.72. The van der Waals surface area contributed by atoms with Gasteiger partial charge in [0.25, 0.3) is 0 Å². The molecule has 4 rings (SSSR count). The Morgan fingerprint density at radius 3 is 2.03 bits per heavy atom. The molecule has 0 spiro atoms. The summed E-state index contributed by atoms with van der Waals surface area (Å²) in [5.41, 5.74) is 2.86. The van der Waals surface area contributed by atoms with Crippen molar-refractivity contribution in [1.29, 1.82) is 0 Å². The number of furan rings is 1. The molecule has 1 aliphatic heterocycles. The van der Waals surface area contributed by atoms with Crippen LogP contribution in [0.5, 0.6) is 5.75 Å². The Kier molecular flexibility index (Phi) is 8.45. The van der Waals surface area contributed by atoms with Crippen molar-refractivity contribution >= 4 is 29.2 Å². The molecule has 0 N–H and O–H groups in total. The summed E-state index contributed by atoms with van der Waals surface area (Å²) < 4.78 is 36.1. The number of allylic oxidation sites excluding steroid dienone is 2. The number of anilines is 1. The van der Waals surface area contributed by atoms with E-state index in [2.05, 4.69) is 0 Å². The maximum Gasteiger partial charge on any atom is 0.336 e. The van der Waals surface area contributed by atoms with E-state index in [4.69, 9.17) is 30.2 Å². The van der Waals surface area contributed by atoms with Crippen molar-refractivity contribution in [3.05, 3.63) is 93.7 Å². The second kappa shape index (κ2) is 11.8. The lowest BCUT2D eigenvalue weighted by Crippen LogP contribution is -2.35. The van der Waals surface area contributed by atoms with Crippen LogP contribution in [-0.4, -0.2) is 32.3 Å². The minimum atomic E-state index is -0.915. The Bertz CT molecular complexity index is 1410. The smallest absolute Gasteiger partial charge is 0.336 e. The summed E-state index contributed by atoms with van der Waals surface area (Å²) in [4.78, 5) is 28.7. The van der Waals surface area contributed by atoms with Crippen LogP contribution in [0.3, 0.4) is 0 Å². The Labute approximate surface area is 231 Å². The molecule has 204 valence electrons. The number of methoxy groups -OCH3 is 1. The third kappa shape index (κ3) is 5.43. The largest absolute Gasteiger partial charge is 0.497 e. The lowest BCUT2D eigenvalue weighted by atomic mass is 9.82. The van der Waals surface area contributed by atoms with Crippen molar-refractivity contribution in [2.75, 3.05) is 25.2 Å². The molecule has 0 fully saturated rings. The number of benzene rings is 2. The van der Waals surface area contributed by atoms with Gasteiger partial charge in [-0.3, -0.25) is 0 Å². The molecule has 39 heavy (non-hydrogen) atoms. The Hall–Kier alpha value is -4.04. The van der Waals surface area contributed by atoms with Crippen LogP contribution < -0.4 is 9.64 Å². The van der Waals surface area contributed by atoms with E-state index in [-0.39, 0.29) is 29.4 Å². The van der Waals surface area contributed by atoms with Crippen molar-refractivity contribution in [2.45, 2.75) is 33.6 Å². The van der Waals surface area contributed by atoms with Gasteiger partial charge in [-0.25, -0.2) is 14.0 Å². The minimum Gasteiger partial charge on any atom is -0.497 e. The van der Waals surface area contributed by atoms with Gasteiger partial charge in [0.15, 0.2) is 0 Å². The van der Waals surface area contributed by atoms with Crippen molar-refractivity contribution in [2.24, 2.45) is 0 Å². The second-order valence-electron chi connectivity index (χ2n) is 8.74. The fraction of sp³-hybridized carbons (Fsp3) is 0.267. The summed E-state index contributed by atoms with van der Waals surface area (Å²) in [6.45, 7) is 7.28. The predicted molar refractivity (Wildman–Crippen MR) is 146 cm³/mol. The van der Waals surface area contributed by atoms with Crippen LogP contribution in [-0.2, 0) is 19.1 Å². The highest BCUT2D eigenvalue weighted by Gasteiger charge is 2.42. The molecule has 1 aromatic heterocycles. The van der Waals surface area contributed by atoms with E-state index < -0.39 is 23.7 Å². The van der Waals surface area contributed by atoms with Crippen LogP contribution in [0.15, 0.2) is 81.6 Å².